The van der Waals surface area contributed by atoms with Crippen molar-refractivity contribution in [3.8, 4) is 17.4 Å². The Labute approximate surface area is 237 Å². The lowest BCUT2D eigenvalue weighted by Gasteiger charge is -2.23. The van der Waals surface area contributed by atoms with E-state index in [4.69, 9.17) is 24.1 Å². The summed E-state index contributed by atoms with van der Waals surface area (Å²) >= 11 is 0. The Morgan fingerprint density at radius 1 is 0.976 bits per heavy atom. The Hall–Kier alpha value is -5.07. The van der Waals surface area contributed by atoms with E-state index in [-0.39, 0.29) is 17.1 Å². The molecule has 2 aromatic heterocycles. The van der Waals surface area contributed by atoms with Crippen LogP contribution in [0.2, 0.25) is 0 Å². The Balaban J connectivity index is 0.000000616. The monoisotopic (exact) mass is 588 g/mol. The number of pyridine rings is 1. The highest BCUT2D eigenvalue weighted by Crippen LogP contribution is 2.30. The molecule has 0 saturated heterocycles. The van der Waals surface area contributed by atoms with Crippen molar-refractivity contribution < 1.29 is 52.0 Å². The summed E-state index contributed by atoms with van der Waals surface area (Å²) in [6.45, 7) is 3.25. The number of H-pyrrole nitrogens is 1. The summed E-state index contributed by atoms with van der Waals surface area (Å²) < 4.78 is 48.4. The third-order valence-corrected chi connectivity index (χ3v) is 5.85. The second kappa shape index (κ2) is 13.1. The van der Waals surface area contributed by atoms with Gasteiger partial charge in [0.2, 0.25) is 5.88 Å². The third kappa shape index (κ3) is 7.99. The fourth-order valence-electron chi connectivity index (χ4n) is 3.58. The van der Waals surface area contributed by atoms with Crippen molar-refractivity contribution in [1.29, 1.82) is 0 Å². The van der Waals surface area contributed by atoms with Crippen molar-refractivity contribution in [3.05, 3.63) is 83.7 Å². The first-order valence-electron chi connectivity index (χ1n) is 12.3. The molecule has 0 bridgehead atoms. The molecule has 0 fully saturated rings. The lowest BCUT2D eigenvalue weighted by Crippen LogP contribution is -2.38. The van der Waals surface area contributed by atoms with Crippen molar-refractivity contribution in [2.75, 3.05) is 13.7 Å². The molecule has 2 aromatic carbocycles. The smallest absolute Gasteiger partial charge is 0.490 e. The number of ketones is 1. The first kappa shape index (κ1) is 31.5. The number of hydrogen-bond acceptors (Lipinski definition) is 7. The van der Waals surface area contributed by atoms with E-state index < -0.39 is 23.7 Å². The van der Waals surface area contributed by atoms with E-state index in [9.17, 15) is 27.9 Å². The maximum absolute atomic E-state index is 13.2. The average molecular weight is 589 g/mol. The fourth-order valence-corrected chi connectivity index (χ4v) is 3.58. The molecular weight excluding hydrogens is 561 g/mol. The Kier molecular flexibility index (Phi) is 9.78. The van der Waals surface area contributed by atoms with Crippen LogP contribution < -0.4 is 14.2 Å². The summed E-state index contributed by atoms with van der Waals surface area (Å²) in [5, 5.41) is 17.7. The van der Waals surface area contributed by atoms with Gasteiger partial charge in [0, 0.05) is 47.4 Å². The topological polar surface area (TPSA) is 148 Å². The zero-order chi connectivity index (χ0) is 31.1. The molecule has 13 heteroatoms. The molecule has 42 heavy (non-hydrogen) atoms. The van der Waals surface area contributed by atoms with Gasteiger partial charge in [0.1, 0.15) is 11.5 Å². The fraction of sp³-hybridized carbons (Fsp3) is 0.241. The van der Waals surface area contributed by atoms with Gasteiger partial charge < -0.3 is 29.4 Å². The van der Waals surface area contributed by atoms with Gasteiger partial charge >= 0.3 is 18.1 Å². The van der Waals surface area contributed by atoms with Crippen molar-refractivity contribution >= 4 is 28.6 Å². The number of aromatic nitrogens is 2. The zero-order valence-electron chi connectivity index (χ0n) is 22.7. The number of fused-ring (bicyclic) bond motifs is 1. The van der Waals surface area contributed by atoms with Crippen LogP contribution >= 0.6 is 0 Å². The second-order valence-corrected chi connectivity index (χ2v) is 9.25. The van der Waals surface area contributed by atoms with Crippen LogP contribution in [0.25, 0.3) is 10.9 Å². The summed E-state index contributed by atoms with van der Waals surface area (Å²) in [6.07, 6.45) is -0.971. The van der Waals surface area contributed by atoms with E-state index in [0.29, 0.717) is 30.2 Å². The highest BCUT2D eigenvalue weighted by atomic mass is 19.4. The number of alkyl halides is 3. The molecule has 0 aliphatic heterocycles. The number of benzene rings is 2. The van der Waals surface area contributed by atoms with Gasteiger partial charge in [-0.05, 0) is 43.7 Å². The molecule has 10 nitrogen and oxygen atoms in total. The molecule has 0 spiro atoms. The van der Waals surface area contributed by atoms with Gasteiger partial charge in [-0.2, -0.15) is 13.2 Å². The van der Waals surface area contributed by atoms with Crippen LogP contribution in [-0.4, -0.2) is 63.4 Å². The lowest BCUT2D eigenvalue weighted by atomic mass is 10.0. The predicted molar refractivity (Wildman–Crippen MR) is 144 cm³/mol. The van der Waals surface area contributed by atoms with Crippen LogP contribution in [0.3, 0.4) is 0 Å². The number of carbonyl (C=O) groups excluding carboxylic acids is 1. The van der Waals surface area contributed by atoms with Gasteiger partial charge in [0.15, 0.2) is 11.4 Å². The van der Waals surface area contributed by atoms with Gasteiger partial charge in [0.25, 0.3) is 0 Å². The lowest BCUT2D eigenvalue weighted by molar-refractivity contribution is -0.192. The summed E-state index contributed by atoms with van der Waals surface area (Å²) in [5.74, 6) is -3.32. The molecule has 0 aliphatic carbocycles. The molecular formula is C29H27F3N2O8. The van der Waals surface area contributed by atoms with E-state index in [2.05, 4.69) is 16.0 Å². The molecule has 0 radical (unpaired) electrons. The summed E-state index contributed by atoms with van der Waals surface area (Å²) in [6, 6.07) is 16.0. The summed E-state index contributed by atoms with van der Waals surface area (Å²) in [5.41, 5.74) is 1.22. The normalized spacial score (nSPS) is 11.3. The van der Waals surface area contributed by atoms with Crippen molar-refractivity contribution in [3.63, 3.8) is 0 Å². The van der Waals surface area contributed by atoms with E-state index in [1.54, 1.807) is 24.3 Å². The van der Waals surface area contributed by atoms with E-state index >= 15 is 0 Å². The Morgan fingerprint density at radius 3 is 2.26 bits per heavy atom. The molecule has 0 amide bonds. The van der Waals surface area contributed by atoms with Crippen LogP contribution in [0.15, 0.2) is 67.0 Å². The molecule has 222 valence electrons. The maximum atomic E-state index is 13.2. The van der Waals surface area contributed by atoms with Gasteiger partial charge in [-0.15, -0.1) is 0 Å². The Morgan fingerprint density at radius 2 is 1.67 bits per heavy atom. The zero-order valence-corrected chi connectivity index (χ0v) is 22.7. The molecule has 0 atom stereocenters. The molecule has 0 saturated carbocycles. The highest BCUT2D eigenvalue weighted by Gasteiger charge is 2.38. The van der Waals surface area contributed by atoms with Crippen LogP contribution in [0.5, 0.6) is 17.4 Å². The first-order valence-corrected chi connectivity index (χ1v) is 12.3. The average Bonchev–Trinajstić information content (AvgIpc) is 3.35. The third-order valence-electron chi connectivity index (χ3n) is 5.85. The van der Waals surface area contributed by atoms with Gasteiger partial charge in [0.05, 0.1) is 19.3 Å². The summed E-state index contributed by atoms with van der Waals surface area (Å²) in [7, 11) is 1.48. The van der Waals surface area contributed by atoms with E-state index in [1.165, 1.54) is 33.2 Å². The number of carbonyl (C=O) groups is 3. The number of aromatic amines is 1. The minimum Gasteiger partial charge on any atom is -0.497 e. The van der Waals surface area contributed by atoms with Crippen LogP contribution in [-0.2, 0) is 16.0 Å². The van der Waals surface area contributed by atoms with Gasteiger partial charge in [-0.1, -0.05) is 18.2 Å². The van der Waals surface area contributed by atoms with Crippen molar-refractivity contribution in [2.45, 2.75) is 32.0 Å². The molecule has 4 rings (SSSR count). The minimum absolute atomic E-state index is 0.112. The molecule has 0 aliphatic rings. The number of carboxylic acids is 2. The van der Waals surface area contributed by atoms with Gasteiger partial charge in [-0.3, -0.25) is 4.79 Å². The highest BCUT2D eigenvalue weighted by molar-refractivity contribution is 6.10. The number of carboxylic acid groups (broad SMARTS) is 2. The van der Waals surface area contributed by atoms with Crippen molar-refractivity contribution in [2.24, 2.45) is 0 Å². The standard InChI is InChI=1S/C27H26N2O6.C2HF3O2/c1-27(2,26(31)32)35-23-14-19(33-3)9-10-21(23)25(30)18-8-11-24(29-16-18)34-13-12-17-15-28-22-7-5-4-6-20(17)22;3-2(4,5)1(6)7/h4-11,14-16,28H,12-13H2,1-3H3,(H,31,32);(H,6,7). The number of rotatable bonds is 10. The van der Waals surface area contributed by atoms with E-state index in [1.807, 2.05) is 24.4 Å². The van der Waals surface area contributed by atoms with Crippen LogP contribution in [0, 0.1) is 0 Å². The number of methoxy groups -OCH3 is 1. The second-order valence-electron chi connectivity index (χ2n) is 9.25. The maximum Gasteiger partial charge on any atom is 0.490 e. The number of para-hydroxylation sites is 1. The Bertz CT molecular complexity index is 1560. The van der Waals surface area contributed by atoms with Crippen LogP contribution in [0.1, 0.15) is 35.3 Å². The molecule has 3 N–H and O–H groups in total. The number of hydrogen-bond donors (Lipinski definition) is 3. The quantitative estimate of drug-likeness (QED) is 0.210. The minimum atomic E-state index is -5.08. The number of aliphatic carboxylic acids is 2. The number of nitrogens with one attached hydrogen (secondary N) is 1. The van der Waals surface area contributed by atoms with Crippen LogP contribution in [0.4, 0.5) is 13.2 Å². The molecule has 4 aromatic rings. The number of ether oxygens (including phenoxy) is 3. The molecule has 0 unspecified atom stereocenters. The van der Waals surface area contributed by atoms with Gasteiger partial charge in [-0.25, -0.2) is 14.6 Å². The first-order chi connectivity index (χ1) is 19.7. The largest absolute Gasteiger partial charge is 0.497 e. The van der Waals surface area contributed by atoms with Crippen molar-refractivity contribution in [1.82, 2.24) is 9.97 Å². The number of halogens is 3. The number of nitrogens with zero attached hydrogens (tertiary/aromatic N) is 1. The summed E-state index contributed by atoms with van der Waals surface area (Å²) in [4.78, 5) is 41.1. The van der Waals surface area contributed by atoms with E-state index in [0.717, 1.165) is 16.5 Å². The molecule has 2 heterocycles. The predicted octanol–water partition coefficient (Wildman–Crippen LogP) is 5.30. The SMILES string of the molecule is COc1ccc(C(=O)c2ccc(OCCc3c[nH]c4ccccc34)nc2)c(OC(C)(C)C(=O)O)c1.O=C(O)C(F)(F)F.